The lowest BCUT2D eigenvalue weighted by molar-refractivity contribution is 0.0718. The van der Waals surface area contributed by atoms with Gasteiger partial charge < -0.3 is 14.5 Å². The molecule has 0 unspecified atom stereocenters. The number of ether oxygens (including phenoxy) is 1. The van der Waals surface area contributed by atoms with Crippen LogP contribution in [0.25, 0.3) is 0 Å². The molecular weight excluding hydrogens is 350 g/mol. The minimum absolute atomic E-state index is 0.0250. The van der Waals surface area contributed by atoms with Crippen molar-refractivity contribution in [3.8, 4) is 5.75 Å². The molecule has 6 nitrogen and oxygen atoms in total. The summed E-state index contributed by atoms with van der Waals surface area (Å²) >= 11 is 1.51. The molecule has 7 heteroatoms. The summed E-state index contributed by atoms with van der Waals surface area (Å²) in [7, 11) is 0. The van der Waals surface area contributed by atoms with Crippen LogP contribution in [0.4, 0.5) is 0 Å². The maximum Gasteiger partial charge on any atom is 0.255 e. The Morgan fingerprint density at radius 1 is 1.08 bits per heavy atom. The molecule has 0 N–H and O–H groups in total. The first kappa shape index (κ1) is 18.4. The molecule has 0 radical (unpaired) electrons. The molecule has 0 saturated carbocycles. The SMILES string of the molecule is CC(C)Oc1cncc(C(=O)N2CCCN(C(=O)c3ccsc3)CC2)c1. The maximum absolute atomic E-state index is 12.8. The zero-order chi connectivity index (χ0) is 18.5. The Hall–Kier alpha value is -2.41. The highest BCUT2D eigenvalue weighted by Crippen LogP contribution is 2.17. The van der Waals surface area contributed by atoms with Gasteiger partial charge in [-0.05, 0) is 37.8 Å². The Bertz CT molecular complexity index is 761. The molecule has 1 fully saturated rings. The lowest BCUT2D eigenvalue weighted by Crippen LogP contribution is -2.37. The zero-order valence-electron chi connectivity index (χ0n) is 15.1. The van der Waals surface area contributed by atoms with E-state index in [9.17, 15) is 9.59 Å². The second kappa shape index (κ2) is 8.31. The third kappa shape index (κ3) is 4.40. The minimum atomic E-state index is -0.0726. The number of carbonyl (C=O) groups is 2. The van der Waals surface area contributed by atoms with E-state index in [2.05, 4.69) is 4.98 Å². The number of rotatable bonds is 4. The van der Waals surface area contributed by atoms with Gasteiger partial charge in [-0.3, -0.25) is 14.6 Å². The van der Waals surface area contributed by atoms with Crippen molar-refractivity contribution < 1.29 is 14.3 Å². The molecule has 0 aromatic carbocycles. The Labute approximate surface area is 157 Å². The van der Waals surface area contributed by atoms with Crippen LogP contribution >= 0.6 is 11.3 Å². The van der Waals surface area contributed by atoms with E-state index in [0.29, 0.717) is 37.5 Å². The first-order valence-electron chi connectivity index (χ1n) is 8.77. The standard InChI is InChI=1S/C19H23N3O3S/c1-14(2)25-17-10-16(11-20-12-17)19(24)22-6-3-5-21(7-8-22)18(23)15-4-9-26-13-15/h4,9-14H,3,5-8H2,1-2H3. The van der Waals surface area contributed by atoms with Crippen LogP contribution in [-0.4, -0.2) is 58.9 Å². The van der Waals surface area contributed by atoms with E-state index in [1.807, 2.05) is 35.6 Å². The Morgan fingerprint density at radius 2 is 1.77 bits per heavy atom. The van der Waals surface area contributed by atoms with Gasteiger partial charge in [0.15, 0.2) is 0 Å². The first-order chi connectivity index (χ1) is 12.5. The molecule has 3 heterocycles. The molecule has 0 atom stereocenters. The van der Waals surface area contributed by atoms with Crippen LogP contribution in [0.2, 0.25) is 0 Å². The van der Waals surface area contributed by atoms with E-state index in [4.69, 9.17) is 4.74 Å². The third-order valence-corrected chi connectivity index (χ3v) is 4.85. The highest BCUT2D eigenvalue weighted by molar-refractivity contribution is 7.08. The van der Waals surface area contributed by atoms with Gasteiger partial charge in [0.05, 0.1) is 23.4 Å². The number of hydrogen-bond donors (Lipinski definition) is 0. The van der Waals surface area contributed by atoms with E-state index in [1.165, 1.54) is 11.3 Å². The predicted octanol–water partition coefficient (Wildman–Crippen LogP) is 2.92. The molecule has 1 saturated heterocycles. The summed E-state index contributed by atoms with van der Waals surface area (Å²) in [4.78, 5) is 33.1. The van der Waals surface area contributed by atoms with Crippen molar-refractivity contribution in [2.45, 2.75) is 26.4 Å². The lowest BCUT2D eigenvalue weighted by Gasteiger charge is -2.22. The average molecular weight is 373 g/mol. The second-order valence-electron chi connectivity index (χ2n) is 6.53. The van der Waals surface area contributed by atoms with Gasteiger partial charge in [-0.15, -0.1) is 0 Å². The molecule has 26 heavy (non-hydrogen) atoms. The van der Waals surface area contributed by atoms with Crippen molar-refractivity contribution in [3.63, 3.8) is 0 Å². The molecule has 2 aromatic heterocycles. The molecule has 2 amide bonds. The molecule has 0 spiro atoms. The molecular formula is C19H23N3O3S. The molecule has 1 aliphatic rings. The summed E-state index contributed by atoms with van der Waals surface area (Å²) in [6, 6.07) is 3.57. The van der Waals surface area contributed by atoms with Crippen molar-refractivity contribution in [1.29, 1.82) is 0 Å². The second-order valence-corrected chi connectivity index (χ2v) is 7.31. The molecule has 138 valence electrons. The minimum Gasteiger partial charge on any atom is -0.489 e. The number of carbonyl (C=O) groups excluding carboxylic acids is 2. The summed E-state index contributed by atoms with van der Waals surface area (Å²) in [6.07, 6.45) is 3.96. The van der Waals surface area contributed by atoms with E-state index in [-0.39, 0.29) is 17.9 Å². The summed E-state index contributed by atoms with van der Waals surface area (Å²) in [6.45, 7) is 6.21. The number of pyridine rings is 1. The van der Waals surface area contributed by atoms with Gasteiger partial charge in [-0.2, -0.15) is 11.3 Å². The summed E-state index contributed by atoms with van der Waals surface area (Å²) in [5.41, 5.74) is 1.23. The van der Waals surface area contributed by atoms with E-state index in [0.717, 1.165) is 12.0 Å². The summed E-state index contributed by atoms with van der Waals surface area (Å²) in [5, 5.41) is 3.77. The van der Waals surface area contributed by atoms with E-state index >= 15 is 0 Å². The van der Waals surface area contributed by atoms with Crippen molar-refractivity contribution in [2.75, 3.05) is 26.2 Å². The van der Waals surface area contributed by atoms with Gasteiger partial charge >= 0.3 is 0 Å². The summed E-state index contributed by atoms with van der Waals surface area (Å²) < 4.78 is 5.62. The topological polar surface area (TPSA) is 62.7 Å². The van der Waals surface area contributed by atoms with Gasteiger partial charge in [0.2, 0.25) is 0 Å². The lowest BCUT2D eigenvalue weighted by atomic mass is 10.2. The van der Waals surface area contributed by atoms with Crippen molar-refractivity contribution in [2.24, 2.45) is 0 Å². The molecule has 0 bridgehead atoms. The van der Waals surface area contributed by atoms with E-state index in [1.54, 1.807) is 23.4 Å². The highest BCUT2D eigenvalue weighted by atomic mass is 32.1. The third-order valence-electron chi connectivity index (χ3n) is 4.17. The van der Waals surface area contributed by atoms with Crippen LogP contribution < -0.4 is 4.74 Å². The van der Waals surface area contributed by atoms with Gasteiger partial charge in [-0.25, -0.2) is 0 Å². The Balaban J connectivity index is 1.65. The smallest absolute Gasteiger partial charge is 0.255 e. The number of aromatic nitrogens is 1. The number of nitrogens with zero attached hydrogens (tertiary/aromatic N) is 3. The molecule has 0 aliphatic carbocycles. The zero-order valence-corrected chi connectivity index (χ0v) is 15.9. The number of hydrogen-bond acceptors (Lipinski definition) is 5. The van der Waals surface area contributed by atoms with E-state index < -0.39 is 0 Å². The monoisotopic (exact) mass is 373 g/mol. The van der Waals surface area contributed by atoms with Crippen molar-refractivity contribution >= 4 is 23.2 Å². The average Bonchev–Trinajstić information content (AvgIpc) is 3.05. The maximum atomic E-state index is 12.8. The number of amides is 2. The largest absolute Gasteiger partial charge is 0.489 e. The van der Waals surface area contributed by atoms with Crippen molar-refractivity contribution in [1.82, 2.24) is 14.8 Å². The fourth-order valence-corrected chi connectivity index (χ4v) is 3.58. The van der Waals surface area contributed by atoms with Crippen LogP contribution in [-0.2, 0) is 0 Å². The fourth-order valence-electron chi connectivity index (χ4n) is 2.95. The molecule has 1 aliphatic heterocycles. The molecule has 3 rings (SSSR count). The molecule has 2 aromatic rings. The van der Waals surface area contributed by atoms with Crippen LogP contribution in [0.3, 0.4) is 0 Å². The van der Waals surface area contributed by atoms with Gasteiger partial charge in [0.1, 0.15) is 5.75 Å². The van der Waals surface area contributed by atoms with Gasteiger partial charge in [0.25, 0.3) is 11.8 Å². The Kier molecular flexibility index (Phi) is 5.88. The van der Waals surface area contributed by atoms with Crippen LogP contribution in [0, 0.1) is 0 Å². The highest BCUT2D eigenvalue weighted by Gasteiger charge is 2.24. The first-order valence-corrected chi connectivity index (χ1v) is 9.71. The van der Waals surface area contributed by atoms with Crippen LogP contribution in [0.5, 0.6) is 5.75 Å². The van der Waals surface area contributed by atoms with Crippen LogP contribution in [0.15, 0.2) is 35.3 Å². The fraction of sp³-hybridized carbons (Fsp3) is 0.421. The van der Waals surface area contributed by atoms with Gasteiger partial charge in [0, 0.05) is 37.8 Å². The normalized spacial score (nSPS) is 15.0. The number of thiophene rings is 1. The predicted molar refractivity (Wildman–Crippen MR) is 101 cm³/mol. The Morgan fingerprint density at radius 3 is 2.38 bits per heavy atom. The van der Waals surface area contributed by atoms with Crippen molar-refractivity contribution in [3.05, 3.63) is 46.4 Å². The summed E-state index contributed by atoms with van der Waals surface area (Å²) in [5.74, 6) is 0.556. The quantitative estimate of drug-likeness (QED) is 0.827. The van der Waals surface area contributed by atoms with Gasteiger partial charge in [-0.1, -0.05) is 0 Å². The van der Waals surface area contributed by atoms with Crippen LogP contribution in [0.1, 0.15) is 41.0 Å².